The molecule has 0 radical (unpaired) electrons. The molecular formula is C11H9NOS. The molecule has 1 saturated carbocycles. The van der Waals surface area contributed by atoms with Gasteiger partial charge in [-0.1, -0.05) is 30.3 Å². The Morgan fingerprint density at radius 2 is 2.14 bits per heavy atom. The number of rotatable bonds is 2. The van der Waals surface area contributed by atoms with Crippen molar-refractivity contribution in [1.82, 2.24) is 0 Å². The van der Waals surface area contributed by atoms with Crippen molar-refractivity contribution in [2.75, 3.05) is 0 Å². The van der Waals surface area contributed by atoms with Gasteiger partial charge < -0.3 is 0 Å². The fourth-order valence-corrected chi connectivity index (χ4v) is 1.75. The third-order valence-electron chi connectivity index (χ3n) is 2.49. The van der Waals surface area contributed by atoms with Crippen LogP contribution in [-0.4, -0.2) is 11.1 Å². The van der Waals surface area contributed by atoms with Gasteiger partial charge in [0.2, 0.25) is 0 Å². The van der Waals surface area contributed by atoms with Gasteiger partial charge in [0.25, 0.3) is 5.91 Å². The summed E-state index contributed by atoms with van der Waals surface area (Å²) in [6.07, 6.45) is 0.892. The standard InChI is InChI=1S/C11H9NOS/c13-11(12-7-14)10-6-9(10)8-4-2-1-3-5-8/h1-5,9-10H,6H2. The molecule has 0 N–H and O–H groups in total. The second kappa shape index (κ2) is 3.82. The van der Waals surface area contributed by atoms with Gasteiger partial charge >= 0.3 is 0 Å². The van der Waals surface area contributed by atoms with E-state index in [0.717, 1.165) is 6.42 Å². The lowest BCUT2D eigenvalue weighted by Gasteiger charge is -1.95. The highest BCUT2D eigenvalue weighted by Crippen LogP contribution is 2.47. The summed E-state index contributed by atoms with van der Waals surface area (Å²) in [7, 11) is 0. The average molecular weight is 203 g/mol. The number of hydrogen-bond donors (Lipinski definition) is 0. The van der Waals surface area contributed by atoms with Gasteiger partial charge in [0.1, 0.15) is 0 Å². The van der Waals surface area contributed by atoms with Crippen LogP contribution in [0.4, 0.5) is 0 Å². The third kappa shape index (κ3) is 1.79. The van der Waals surface area contributed by atoms with Gasteiger partial charge in [-0.25, -0.2) is 0 Å². The fourth-order valence-electron chi connectivity index (χ4n) is 1.66. The SMILES string of the molecule is O=C(N=C=S)C1CC1c1ccccc1. The number of carbonyl (C=O) groups excluding carboxylic acids is 1. The predicted octanol–water partition coefficient (Wildman–Crippen LogP) is 2.42. The third-order valence-corrected chi connectivity index (χ3v) is 2.58. The minimum Gasteiger partial charge on any atom is -0.272 e. The van der Waals surface area contributed by atoms with Crippen LogP contribution in [0.3, 0.4) is 0 Å². The van der Waals surface area contributed by atoms with Crippen LogP contribution in [0.15, 0.2) is 35.3 Å². The van der Waals surface area contributed by atoms with Gasteiger partial charge in [-0.2, -0.15) is 4.99 Å². The van der Waals surface area contributed by atoms with E-state index in [9.17, 15) is 4.79 Å². The van der Waals surface area contributed by atoms with Crippen LogP contribution in [0.5, 0.6) is 0 Å². The Kier molecular flexibility index (Phi) is 2.53. The number of nitrogens with zero attached hydrogens (tertiary/aromatic N) is 1. The summed E-state index contributed by atoms with van der Waals surface area (Å²) in [5, 5.41) is 2.12. The van der Waals surface area contributed by atoms with Crippen LogP contribution >= 0.6 is 12.2 Å². The molecule has 2 unspecified atom stereocenters. The molecule has 1 amide bonds. The molecule has 0 bridgehead atoms. The quantitative estimate of drug-likeness (QED) is 0.545. The van der Waals surface area contributed by atoms with Crippen molar-refractivity contribution >= 4 is 23.3 Å². The zero-order valence-electron chi connectivity index (χ0n) is 7.51. The Balaban J connectivity index is 2.07. The number of aliphatic imine (C=N–C) groups is 1. The van der Waals surface area contributed by atoms with Crippen molar-refractivity contribution < 1.29 is 4.79 Å². The van der Waals surface area contributed by atoms with Crippen LogP contribution in [-0.2, 0) is 4.79 Å². The summed E-state index contributed by atoms with van der Waals surface area (Å²) in [5.74, 6) is 0.248. The summed E-state index contributed by atoms with van der Waals surface area (Å²) in [5.41, 5.74) is 1.21. The van der Waals surface area contributed by atoms with Gasteiger partial charge in [-0.15, -0.1) is 0 Å². The normalized spacial score (nSPS) is 23.7. The van der Waals surface area contributed by atoms with Crippen LogP contribution in [0.1, 0.15) is 17.9 Å². The molecule has 70 valence electrons. The van der Waals surface area contributed by atoms with Crippen LogP contribution in [0.2, 0.25) is 0 Å². The Hall–Kier alpha value is -1.31. The molecule has 1 aliphatic carbocycles. The molecule has 0 saturated heterocycles. The van der Waals surface area contributed by atoms with E-state index in [1.165, 1.54) is 5.56 Å². The molecule has 0 heterocycles. The monoisotopic (exact) mass is 203 g/mol. The van der Waals surface area contributed by atoms with E-state index < -0.39 is 0 Å². The Bertz CT molecular complexity index is 395. The van der Waals surface area contributed by atoms with Crippen molar-refractivity contribution in [1.29, 1.82) is 0 Å². The van der Waals surface area contributed by atoms with Crippen LogP contribution in [0.25, 0.3) is 0 Å². The Morgan fingerprint density at radius 1 is 1.43 bits per heavy atom. The lowest BCUT2D eigenvalue weighted by atomic mass is 10.1. The summed E-state index contributed by atoms with van der Waals surface area (Å²) < 4.78 is 0. The van der Waals surface area contributed by atoms with E-state index in [-0.39, 0.29) is 11.8 Å². The lowest BCUT2D eigenvalue weighted by Crippen LogP contribution is -1.96. The number of benzene rings is 1. The topological polar surface area (TPSA) is 29.4 Å². The minimum absolute atomic E-state index is 0.0350. The highest BCUT2D eigenvalue weighted by molar-refractivity contribution is 7.78. The molecule has 1 fully saturated rings. The molecule has 2 rings (SSSR count). The summed E-state index contributed by atoms with van der Waals surface area (Å²) >= 11 is 4.39. The molecule has 3 heteroatoms. The molecule has 1 aliphatic rings. The highest BCUT2D eigenvalue weighted by Gasteiger charge is 2.43. The summed E-state index contributed by atoms with van der Waals surface area (Å²) in [6.45, 7) is 0. The van der Waals surface area contributed by atoms with Crippen LogP contribution < -0.4 is 0 Å². The number of hydrogen-bond acceptors (Lipinski definition) is 2. The maximum atomic E-state index is 11.3. The molecule has 14 heavy (non-hydrogen) atoms. The number of thiocarbonyl (C=S) groups is 1. The van der Waals surface area contributed by atoms with E-state index in [2.05, 4.69) is 22.4 Å². The number of isothiocyanates is 1. The predicted molar refractivity (Wildman–Crippen MR) is 57.3 cm³/mol. The second-order valence-electron chi connectivity index (χ2n) is 3.40. The zero-order valence-corrected chi connectivity index (χ0v) is 8.33. The molecule has 2 nitrogen and oxygen atoms in total. The number of carbonyl (C=O) groups is 1. The van der Waals surface area contributed by atoms with Crippen molar-refractivity contribution in [3.63, 3.8) is 0 Å². The van der Waals surface area contributed by atoms with Crippen molar-refractivity contribution in [2.45, 2.75) is 12.3 Å². The van der Waals surface area contributed by atoms with Crippen molar-refractivity contribution in [3.8, 4) is 0 Å². The van der Waals surface area contributed by atoms with Gasteiger partial charge in [-0.3, -0.25) is 4.79 Å². The van der Waals surface area contributed by atoms with Crippen molar-refractivity contribution in [2.24, 2.45) is 10.9 Å². The molecule has 1 aromatic rings. The fraction of sp³-hybridized carbons (Fsp3) is 0.273. The lowest BCUT2D eigenvalue weighted by molar-refractivity contribution is -0.118. The Morgan fingerprint density at radius 3 is 2.79 bits per heavy atom. The molecule has 2 atom stereocenters. The van der Waals surface area contributed by atoms with Crippen molar-refractivity contribution in [3.05, 3.63) is 35.9 Å². The van der Waals surface area contributed by atoms with Crippen LogP contribution in [0, 0.1) is 5.92 Å². The van der Waals surface area contributed by atoms with Gasteiger partial charge in [-0.05, 0) is 30.1 Å². The summed E-state index contributed by atoms with van der Waals surface area (Å²) in [4.78, 5) is 14.8. The van der Waals surface area contributed by atoms with Gasteiger partial charge in [0.05, 0.1) is 5.16 Å². The highest BCUT2D eigenvalue weighted by atomic mass is 32.1. The molecule has 0 aromatic heterocycles. The van der Waals surface area contributed by atoms with E-state index in [1.54, 1.807) is 0 Å². The molecular weight excluding hydrogens is 194 g/mol. The second-order valence-corrected chi connectivity index (χ2v) is 3.58. The largest absolute Gasteiger partial charge is 0.272 e. The molecule has 0 spiro atoms. The first-order valence-corrected chi connectivity index (χ1v) is 4.90. The summed E-state index contributed by atoms with van der Waals surface area (Å²) in [6, 6.07) is 10.0. The minimum atomic E-state index is -0.131. The van der Waals surface area contributed by atoms with E-state index >= 15 is 0 Å². The first-order chi connectivity index (χ1) is 6.83. The zero-order chi connectivity index (χ0) is 9.97. The average Bonchev–Trinajstić information content (AvgIpc) is 2.99. The molecule has 0 aliphatic heterocycles. The Labute approximate surface area is 87.7 Å². The first kappa shape index (κ1) is 9.25. The maximum absolute atomic E-state index is 11.3. The van der Waals surface area contributed by atoms with Gasteiger partial charge in [0.15, 0.2) is 0 Å². The first-order valence-electron chi connectivity index (χ1n) is 4.49. The number of amides is 1. The van der Waals surface area contributed by atoms with Gasteiger partial charge in [0, 0.05) is 5.92 Å². The van der Waals surface area contributed by atoms with E-state index in [4.69, 9.17) is 0 Å². The van der Waals surface area contributed by atoms with E-state index in [1.807, 2.05) is 30.3 Å². The molecule has 1 aromatic carbocycles. The maximum Gasteiger partial charge on any atom is 0.258 e. The smallest absolute Gasteiger partial charge is 0.258 e. The van der Waals surface area contributed by atoms with E-state index in [0.29, 0.717) is 5.92 Å².